The van der Waals surface area contributed by atoms with Crippen molar-refractivity contribution in [2.75, 3.05) is 6.26 Å². The van der Waals surface area contributed by atoms with Crippen LogP contribution in [0.4, 0.5) is 4.39 Å². The van der Waals surface area contributed by atoms with E-state index in [2.05, 4.69) is 10.9 Å². The number of hydrogen-bond acceptors (Lipinski definition) is 4. The summed E-state index contributed by atoms with van der Waals surface area (Å²) < 4.78 is 39.5. The van der Waals surface area contributed by atoms with Gasteiger partial charge in [-0.1, -0.05) is 29.4 Å². The quantitative estimate of drug-likeness (QED) is 0.648. The van der Waals surface area contributed by atoms with Crippen LogP contribution in [-0.2, 0) is 16.4 Å². The van der Waals surface area contributed by atoms with Gasteiger partial charge in [0.2, 0.25) is 0 Å². The molecule has 0 spiro atoms. The molecule has 1 aromatic heterocycles. The third-order valence-corrected chi connectivity index (χ3v) is 5.78. The maximum absolute atomic E-state index is 13.8. The lowest BCUT2D eigenvalue weighted by Gasteiger charge is -2.01. The van der Waals surface area contributed by atoms with Crippen molar-refractivity contribution in [3.8, 4) is 12.3 Å². The summed E-state index contributed by atoms with van der Waals surface area (Å²) >= 11 is 1.12. The van der Waals surface area contributed by atoms with Crippen LogP contribution in [0.25, 0.3) is 10.2 Å². The Morgan fingerprint density at radius 1 is 1.31 bits per heavy atom. The lowest BCUT2D eigenvalue weighted by molar-refractivity contribution is 0.0994. The molecule has 0 unspecified atom stereocenters. The molecule has 0 bridgehead atoms. The number of carbonyl (C=O) groups is 1. The molecule has 0 aliphatic carbocycles. The van der Waals surface area contributed by atoms with E-state index in [0.29, 0.717) is 10.2 Å². The Morgan fingerprint density at radius 3 is 2.69 bits per heavy atom. The molecule has 0 saturated carbocycles. The van der Waals surface area contributed by atoms with Crippen LogP contribution in [0, 0.1) is 18.2 Å². The highest BCUT2D eigenvalue weighted by atomic mass is 32.2. The molecule has 3 aromatic rings. The van der Waals surface area contributed by atoms with E-state index in [1.807, 2.05) is 0 Å². The molecular formula is C18H13FN2O3S2. The number of benzene rings is 2. The molecule has 1 heterocycles. The number of amides is 1. The summed E-state index contributed by atoms with van der Waals surface area (Å²) in [5, 5.41) is 0. The van der Waals surface area contributed by atoms with Crippen LogP contribution < -0.4 is 4.80 Å². The SMILES string of the molecule is C#CCn1c(=NC(=O)c2ccccc2F)sc2cc(S(C)(=O)=O)ccc21. The molecule has 8 heteroatoms. The van der Waals surface area contributed by atoms with E-state index < -0.39 is 21.6 Å². The predicted octanol–water partition coefficient (Wildman–Crippen LogP) is 2.62. The Kier molecular flexibility index (Phi) is 4.76. The van der Waals surface area contributed by atoms with E-state index in [1.54, 1.807) is 16.7 Å². The van der Waals surface area contributed by atoms with E-state index in [1.165, 1.54) is 30.3 Å². The summed E-state index contributed by atoms with van der Waals surface area (Å²) in [6, 6.07) is 10.2. The lowest BCUT2D eigenvalue weighted by atomic mass is 10.2. The topological polar surface area (TPSA) is 68.5 Å². The number of sulfone groups is 1. The minimum atomic E-state index is -3.37. The molecule has 0 aliphatic rings. The van der Waals surface area contributed by atoms with Gasteiger partial charge in [0.1, 0.15) is 5.82 Å². The number of aromatic nitrogens is 1. The number of fused-ring (bicyclic) bond motifs is 1. The molecule has 0 saturated heterocycles. The summed E-state index contributed by atoms with van der Waals surface area (Å²) in [6.07, 6.45) is 6.51. The largest absolute Gasteiger partial charge is 0.305 e. The summed E-state index contributed by atoms with van der Waals surface area (Å²) in [4.78, 5) is 16.8. The van der Waals surface area contributed by atoms with E-state index >= 15 is 0 Å². The molecule has 2 aromatic carbocycles. The number of carbonyl (C=O) groups excluding carboxylic acids is 1. The molecule has 3 rings (SSSR count). The van der Waals surface area contributed by atoms with Gasteiger partial charge >= 0.3 is 0 Å². The smallest absolute Gasteiger partial charge is 0.282 e. The maximum atomic E-state index is 13.8. The van der Waals surface area contributed by atoms with Crippen molar-refractivity contribution in [3.05, 3.63) is 58.6 Å². The van der Waals surface area contributed by atoms with Gasteiger partial charge in [0.25, 0.3) is 5.91 Å². The summed E-state index contributed by atoms with van der Waals surface area (Å²) in [6.45, 7) is 0.140. The minimum Gasteiger partial charge on any atom is -0.305 e. The number of hydrogen-bond donors (Lipinski definition) is 0. The van der Waals surface area contributed by atoms with E-state index in [4.69, 9.17) is 6.42 Å². The number of nitrogens with zero attached hydrogens (tertiary/aromatic N) is 2. The highest BCUT2D eigenvalue weighted by Crippen LogP contribution is 2.22. The van der Waals surface area contributed by atoms with Crippen molar-refractivity contribution in [1.82, 2.24) is 4.57 Å². The van der Waals surface area contributed by atoms with E-state index in [0.717, 1.165) is 17.6 Å². The highest BCUT2D eigenvalue weighted by molar-refractivity contribution is 7.90. The third-order valence-electron chi connectivity index (χ3n) is 3.63. The van der Waals surface area contributed by atoms with Gasteiger partial charge in [-0.2, -0.15) is 4.99 Å². The second-order valence-corrected chi connectivity index (χ2v) is 8.50. The standard InChI is InChI=1S/C18H13FN2O3S2/c1-3-10-21-15-9-8-12(26(2,23)24)11-16(15)25-18(21)20-17(22)13-6-4-5-7-14(13)19/h1,4-9,11H,10H2,2H3. The van der Waals surface area contributed by atoms with Gasteiger partial charge in [-0.15, -0.1) is 6.42 Å². The Bertz CT molecular complexity index is 1230. The summed E-state index contributed by atoms with van der Waals surface area (Å²) in [7, 11) is -3.37. The fourth-order valence-electron chi connectivity index (χ4n) is 2.40. The Morgan fingerprint density at radius 2 is 2.04 bits per heavy atom. The summed E-state index contributed by atoms with van der Waals surface area (Å²) in [5.74, 6) is 1.08. The van der Waals surface area contributed by atoms with Crippen LogP contribution in [-0.4, -0.2) is 25.1 Å². The van der Waals surface area contributed by atoms with Crippen molar-refractivity contribution in [2.24, 2.45) is 4.99 Å². The maximum Gasteiger partial charge on any atom is 0.282 e. The number of rotatable bonds is 3. The molecule has 1 amide bonds. The first-order chi connectivity index (χ1) is 12.3. The zero-order valence-electron chi connectivity index (χ0n) is 13.6. The van der Waals surface area contributed by atoms with Gasteiger partial charge < -0.3 is 4.57 Å². The van der Waals surface area contributed by atoms with Gasteiger partial charge in [-0.3, -0.25) is 4.79 Å². The van der Waals surface area contributed by atoms with Crippen LogP contribution in [0.2, 0.25) is 0 Å². The van der Waals surface area contributed by atoms with Crippen LogP contribution in [0.3, 0.4) is 0 Å². The number of halogens is 1. The van der Waals surface area contributed by atoms with Gasteiger partial charge in [0.05, 0.1) is 27.2 Å². The lowest BCUT2D eigenvalue weighted by Crippen LogP contribution is -2.16. The molecule has 0 atom stereocenters. The molecule has 26 heavy (non-hydrogen) atoms. The van der Waals surface area contributed by atoms with E-state index in [-0.39, 0.29) is 21.8 Å². The van der Waals surface area contributed by atoms with Gasteiger partial charge in [0, 0.05) is 6.26 Å². The molecule has 5 nitrogen and oxygen atoms in total. The van der Waals surface area contributed by atoms with Crippen LogP contribution in [0.1, 0.15) is 10.4 Å². The minimum absolute atomic E-state index is 0.140. The fourth-order valence-corrected chi connectivity index (χ4v) is 4.18. The fraction of sp³-hybridized carbons (Fsp3) is 0.111. The molecule has 0 N–H and O–H groups in total. The van der Waals surface area contributed by atoms with Crippen LogP contribution in [0.15, 0.2) is 52.4 Å². The molecule has 132 valence electrons. The highest BCUT2D eigenvalue weighted by Gasteiger charge is 2.14. The van der Waals surface area contributed by atoms with Crippen molar-refractivity contribution in [1.29, 1.82) is 0 Å². The van der Waals surface area contributed by atoms with Crippen molar-refractivity contribution < 1.29 is 17.6 Å². The zero-order chi connectivity index (χ0) is 18.9. The normalized spacial score (nSPS) is 12.3. The molecule has 0 radical (unpaired) electrons. The number of thiazole rings is 1. The summed E-state index contributed by atoms with van der Waals surface area (Å²) in [5.41, 5.74) is 0.509. The number of terminal acetylenes is 1. The van der Waals surface area contributed by atoms with Crippen LogP contribution in [0.5, 0.6) is 0 Å². The Labute approximate surface area is 153 Å². The first-order valence-corrected chi connectivity index (χ1v) is 10.1. The Hall–Kier alpha value is -2.76. The first-order valence-electron chi connectivity index (χ1n) is 7.42. The molecular weight excluding hydrogens is 375 g/mol. The van der Waals surface area contributed by atoms with Crippen molar-refractivity contribution in [3.63, 3.8) is 0 Å². The van der Waals surface area contributed by atoms with Crippen molar-refractivity contribution >= 4 is 37.3 Å². The van der Waals surface area contributed by atoms with Crippen LogP contribution >= 0.6 is 11.3 Å². The second kappa shape index (κ2) is 6.86. The monoisotopic (exact) mass is 388 g/mol. The molecule has 0 aliphatic heterocycles. The predicted molar refractivity (Wildman–Crippen MR) is 98.1 cm³/mol. The van der Waals surface area contributed by atoms with Crippen molar-refractivity contribution in [2.45, 2.75) is 11.4 Å². The Balaban J connectivity index is 2.22. The average molecular weight is 388 g/mol. The van der Waals surface area contributed by atoms with Gasteiger partial charge in [-0.05, 0) is 30.3 Å². The third kappa shape index (κ3) is 3.45. The average Bonchev–Trinajstić information content (AvgIpc) is 2.91. The zero-order valence-corrected chi connectivity index (χ0v) is 15.3. The molecule has 0 fully saturated rings. The van der Waals surface area contributed by atoms with E-state index in [9.17, 15) is 17.6 Å². The first kappa shape index (κ1) is 18.0. The van der Waals surface area contributed by atoms with Gasteiger partial charge in [0.15, 0.2) is 14.6 Å². The van der Waals surface area contributed by atoms with Gasteiger partial charge in [-0.25, -0.2) is 12.8 Å². The second-order valence-electron chi connectivity index (χ2n) is 5.47.